The van der Waals surface area contributed by atoms with E-state index in [4.69, 9.17) is 4.63 Å². The molecular weight excluding hydrogens is 401 g/mol. The van der Waals surface area contributed by atoms with Gasteiger partial charge < -0.3 is 14.7 Å². The third-order valence-electron chi connectivity index (χ3n) is 6.15. The van der Waals surface area contributed by atoms with Crippen molar-refractivity contribution in [1.82, 2.24) is 25.2 Å². The average molecular weight is 425 g/mol. The molecule has 0 saturated carbocycles. The Morgan fingerprint density at radius 2 is 1.87 bits per heavy atom. The highest BCUT2D eigenvalue weighted by atomic mass is 19.1. The van der Waals surface area contributed by atoms with Crippen LogP contribution in [0.2, 0.25) is 0 Å². The van der Waals surface area contributed by atoms with Crippen LogP contribution in [0.3, 0.4) is 0 Å². The van der Waals surface area contributed by atoms with Gasteiger partial charge in [0.25, 0.3) is 0 Å². The third kappa shape index (κ3) is 3.55. The van der Waals surface area contributed by atoms with Gasteiger partial charge >= 0.3 is 0 Å². The van der Waals surface area contributed by atoms with Crippen LogP contribution in [0.15, 0.2) is 22.8 Å². The van der Waals surface area contributed by atoms with Crippen molar-refractivity contribution in [2.24, 2.45) is 0 Å². The molecule has 162 valence electrons. The molecule has 5 rings (SSSR count). The van der Waals surface area contributed by atoms with E-state index < -0.39 is 0 Å². The van der Waals surface area contributed by atoms with Gasteiger partial charge in [-0.3, -0.25) is 4.79 Å². The average Bonchev–Trinajstić information content (AvgIpc) is 3.43. The molecule has 2 saturated heterocycles. The van der Waals surface area contributed by atoms with Crippen molar-refractivity contribution in [3.63, 3.8) is 0 Å². The first kappa shape index (κ1) is 19.7. The first-order valence-electron chi connectivity index (χ1n) is 10.5. The van der Waals surface area contributed by atoms with Gasteiger partial charge in [0.1, 0.15) is 17.6 Å². The molecule has 1 atom stereocenters. The van der Waals surface area contributed by atoms with Crippen molar-refractivity contribution < 1.29 is 13.8 Å². The summed E-state index contributed by atoms with van der Waals surface area (Å²) in [5, 5.41) is 8.50. The molecule has 2 aliphatic heterocycles. The number of halogens is 1. The smallest absolute Gasteiger partial charge is 0.245 e. The number of anilines is 2. The van der Waals surface area contributed by atoms with Crippen LogP contribution in [0, 0.1) is 19.7 Å². The fourth-order valence-corrected chi connectivity index (χ4v) is 4.49. The lowest BCUT2D eigenvalue weighted by Crippen LogP contribution is -2.54. The van der Waals surface area contributed by atoms with Crippen LogP contribution in [-0.2, 0) is 4.79 Å². The van der Waals surface area contributed by atoms with Gasteiger partial charge in [-0.25, -0.2) is 19.0 Å². The van der Waals surface area contributed by atoms with E-state index in [9.17, 15) is 9.18 Å². The zero-order valence-electron chi connectivity index (χ0n) is 17.6. The van der Waals surface area contributed by atoms with E-state index in [1.54, 1.807) is 6.07 Å². The minimum atomic E-state index is -0.308. The van der Waals surface area contributed by atoms with E-state index in [0.29, 0.717) is 48.7 Å². The SMILES string of the molecule is Cc1nonc1N1CCN(C(=O)[C@H]2CCCN2c2nc(C)c3cc(F)ccc3n2)CC1. The van der Waals surface area contributed by atoms with Gasteiger partial charge in [0.15, 0.2) is 5.82 Å². The lowest BCUT2D eigenvalue weighted by atomic mass is 10.1. The topological polar surface area (TPSA) is 91.5 Å². The maximum atomic E-state index is 13.6. The summed E-state index contributed by atoms with van der Waals surface area (Å²) in [5.74, 6) is 1.07. The molecule has 1 amide bonds. The largest absolute Gasteiger partial charge is 0.349 e. The van der Waals surface area contributed by atoms with Gasteiger partial charge in [-0.05, 0) is 50.0 Å². The summed E-state index contributed by atoms with van der Waals surface area (Å²) in [5.41, 5.74) is 2.15. The summed E-state index contributed by atoms with van der Waals surface area (Å²) in [6, 6.07) is 4.23. The number of aromatic nitrogens is 4. The quantitative estimate of drug-likeness (QED) is 0.630. The molecule has 2 fully saturated rings. The molecule has 10 heteroatoms. The second-order valence-electron chi connectivity index (χ2n) is 8.11. The number of aryl methyl sites for hydroxylation is 2. The van der Waals surface area contributed by atoms with Gasteiger partial charge in [-0.2, -0.15) is 0 Å². The van der Waals surface area contributed by atoms with Gasteiger partial charge in [0.2, 0.25) is 11.9 Å². The summed E-state index contributed by atoms with van der Waals surface area (Å²) < 4.78 is 18.4. The van der Waals surface area contributed by atoms with Crippen LogP contribution < -0.4 is 9.80 Å². The molecule has 0 unspecified atom stereocenters. The summed E-state index contributed by atoms with van der Waals surface area (Å²) in [7, 11) is 0. The Morgan fingerprint density at radius 3 is 2.61 bits per heavy atom. The fourth-order valence-electron chi connectivity index (χ4n) is 4.49. The second kappa shape index (κ2) is 7.75. The number of rotatable bonds is 3. The van der Waals surface area contributed by atoms with Crippen molar-refractivity contribution in [1.29, 1.82) is 0 Å². The zero-order valence-corrected chi connectivity index (χ0v) is 17.6. The van der Waals surface area contributed by atoms with Crippen LogP contribution in [0.5, 0.6) is 0 Å². The molecule has 0 aliphatic carbocycles. The summed E-state index contributed by atoms with van der Waals surface area (Å²) in [4.78, 5) is 28.6. The Morgan fingerprint density at radius 1 is 1.06 bits per heavy atom. The number of benzene rings is 1. The molecule has 9 nitrogen and oxygen atoms in total. The normalized spacial score (nSPS) is 19.5. The van der Waals surface area contributed by atoms with E-state index in [2.05, 4.69) is 25.2 Å². The van der Waals surface area contributed by atoms with E-state index in [1.807, 2.05) is 23.6 Å². The number of hydrogen-bond acceptors (Lipinski definition) is 8. The molecule has 0 bridgehead atoms. The lowest BCUT2D eigenvalue weighted by Gasteiger charge is -2.37. The monoisotopic (exact) mass is 425 g/mol. The van der Waals surface area contributed by atoms with Crippen LogP contribution in [-0.4, -0.2) is 69.9 Å². The fraction of sp³-hybridized carbons (Fsp3) is 0.476. The Labute approximate surface area is 178 Å². The lowest BCUT2D eigenvalue weighted by molar-refractivity contribution is -0.132. The Balaban J connectivity index is 1.33. The molecule has 4 heterocycles. The maximum Gasteiger partial charge on any atom is 0.245 e. The summed E-state index contributed by atoms with van der Waals surface area (Å²) >= 11 is 0. The van der Waals surface area contributed by atoms with E-state index >= 15 is 0 Å². The van der Waals surface area contributed by atoms with Crippen molar-refractivity contribution >= 4 is 28.6 Å². The highest BCUT2D eigenvalue weighted by molar-refractivity contribution is 5.87. The van der Waals surface area contributed by atoms with Crippen molar-refractivity contribution in [3.05, 3.63) is 35.4 Å². The molecule has 0 radical (unpaired) electrons. The van der Waals surface area contributed by atoms with Gasteiger partial charge in [0, 0.05) is 38.1 Å². The molecular formula is C21H24FN7O2. The highest BCUT2D eigenvalue weighted by Crippen LogP contribution is 2.28. The number of carbonyl (C=O) groups excluding carboxylic acids is 1. The predicted molar refractivity (Wildman–Crippen MR) is 112 cm³/mol. The van der Waals surface area contributed by atoms with E-state index in [1.165, 1.54) is 12.1 Å². The molecule has 1 aromatic carbocycles. The standard InChI is InChI=1S/C21H24FN7O2/c1-13-16-12-15(22)5-6-17(16)24-21(23-13)29-7-3-4-18(29)20(30)28-10-8-27(9-11-28)19-14(2)25-31-26-19/h5-6,12,18H,3-4,7-11H2,1-2H3/t18-/m1/s1. The van der Waals surface area contributed by atoms with Gasteiger partial charge in [-0.15, -0.1) is 0 Å². The summed E-state index contributed by atoms with van der Waals surface area (Å²) in [6.07, 6.45) is 1.68. The van der Waals surface area contributed by atoms with E-state index in [-0.39, 0.29) is 17.8 Å². The number of piperazine rings is 1. The minimum absolute atomic E-state index is 0.104. The van der Waals surface area contributed by atoms with E-state index in [0.717, 1.165) is 30.9 Å². The van der Waals surface area contributed by atoms with Crippen LogP contribution in [0.25, 0.3) is 10.9 Å². The molecule has 0 N–H and O–H groups in total. The zero-order chi connectivity index (χ0) is 21.5. The predicted octanol–water partition coefficient (Wildman–Crippen LogP) is 2.09. The van der Waals surface area contributed by atoms with Crippen LogP contribution in [0.4, 0.5) is 16.2 Å². The van der Waals surface area contributed by atoms with Crippen LogP contribution in [0.1, 0.15) is 24.2 Å². The highest BCUT2D eigenvalue weighted by Gasteiger charge is 2.36. The number of carbonyl (C=O) groups is 1. The number of fused-ring (bicyclic) bond motifs is 1. The first-order chi connectivity index (χ1) is 15.0. The molecule has 3 aromatic rings. The summed E-state index contributed by atoms with van der Waals surface area (Å²) in [6.45, 7) is 7.04. The second-order valence-corrected chi connectivity index (χ2v) is 8.11. The minimum Gasteiger partial charge on any atom is -0.349 e. The van der Waals surface area contributed by atoms with Crippen molar-refractivity contribution in [2.75, 3.05) is 42.5 Å². The molecule has 2 aliphatic rings. The van der Waals surface area contributed by atoms with Gasteiger partial charge in [0.05, 0.1) is 11.2 Å². The number of nitrogens with zero attached hydrogens (tertiary/aromatic N) is 7. The Bertz CT molecular complexity index is 1130. The number of amides is 1. The third-order valence-corrected chi connectivity index (χ3v) is 6.15. The number of hydrogen-bond donors (Lipinski definition) is 0. The van der Waals surface area contributed by atoms with Crippen LogP contribution >= 0.6 is 0 Å². The van der Waals surface area contributed by atoms with Gasteiger partial charge in [-0.1, -0.05) is 5.16 Å². The molecule has 0 spiro atoms. The van der Waals surface area contributed by atoms with Crippen molar-refractivity contribution in [3.8, 4) is 0 Å². The van der Waals surface area contributed by atoms with Crippen molar-refractivity contribution in [2.45, 2.75) is 32.7 Å². The first-order valence-corrected chi connectivity index (χ1v) is 10.5. The Hall–Kier alpha value is -3.30. The molecule has 31 heavy (non-hydrogen) atoms. The molecule has 2 aromatic heterocycles. The maximum absolute atomic E-state index is 13.6. The Kier molecular flexibility index (Phi) is 4.91.